The number of anilines is 3. The van der Waals surface area contributed by atoms with Crippen molar-refractivity contribution >= 4 is 23.5 Å². The van der Waals surface area contributed by atoms with Crippen molar-refractivity contribution in [2.45, 2.75) is 19.9 Å². The molecule has 1 aromatic carbocycles. The Morgan fingerprint density at radius 1 is 1.29 bits per heavy atom. The predicted octanol–water partition coefficient (Wildman–Crippen LogP) is 3.25. The van der Waals surface area contributed by atoms with Crippen LogP contribution in [-0.2, 0) is 0 Å². The molecule has 0 fully saturated rings. The molecule has 0 spiro atoms. The average molecular weight is 290 g/mol. The molecule has 7 heteroatoms. The van der Waals surface area contributed by atoms with E-state index in [1.54, 1.807) is 0 Å². The van der Waals surface area contributed by atoms with Gasteiger partial charge in [-0.3, -0.25) is 0 Å². The van der Waals surface area contributed by atoms with E-state index in [1.165, 1.54) is 36.5 Å². The van der Waals surface area contributed by atoms with Crippen molar-refractivity contribution in [2.75, 3.05) is 10.2 Å². The summed E-state index contributed by atoms with van der Waals surface area (Å²) in [6.45, 7) is 3.84. The largest absolute Gasteiger partial charge is 0.464 e. The first-order valence-electron chi connectivity index (χ1n) is 6.35. The Balaban J connectivity index is 2.39. The Hall–Kier alpha value is -2.70. The molecular formula is C14H15FN4O2. The Morgan fingerprint density at radius 2 is 1.95 bits per heavy atom. The maximum atomic E-state index is 13.0. The second-order valence-corrected chi connectivity index (χ2v) is 4.63. The number of carboxylic acid groups (broad SMARTS) is 1. The summed E-state index contributed by atoms with van der Waals surface area (Å²) in [5.74, 6) is 0.0806. The van der Waals surface area contributed by atoms with Crippen LogP contribution in [0, 0.1) is 5.82 Å². The Labute approximate surface area is 121 Å². The first-order valence-corrected chi connectivity index (χ1v) is 6.35. The van der Waals surface area contributed by atoms with Crippen molar-refractivity contribution in [1.29, 1.82) is 0 Å². The van der Waals surface area contributed by atoms with E-state index in [0.717, 1.165) is 4.90 Å². The van der Waals surface area contributed by atoms with Gasteiger partial charge in [-0.05, 0) is 38.1 Å². The highest BCUT2D eigenvalue weighted by atomic mass is 19.1. The Kier molecular flexibility index (Phi) is 4.32. The molecule has 1 heterocycles. The molecule has 2 aromatic rings. The van der Waals surface area contributed by atoms with E-state index < -0.39 is 11.9 Å². The van der Waals surface area contributed by atoms with E-state index >= 15 is 0 Å². The van der Waals surface area contributed by atoms with Gasteiger partial charge in [-0.1, -0.05) is 0 Å². The summed E-state index contributed by atoms with van der Waals surface area (Å²) in [7, 11) is 0. The van der Waals surface area contributed by atoms with E-state index in [4.69, 9.17) is 0 Å². The van der Waals surface area contributed by atoms with Crippen LogP contribution in [0.3, 0.4) is 0 Å². The van der Waals surface area contributed by atoms with Crippen molar-refractivity contribution < 1.29 is 14.3 Å². The minimum atomic E-state index is -1.21. The van der Waals surface area contributed by atoms with Gasteiger partial charge >= 0.3 is 6.09 Å². The van der Waals surface area contributed by atoms with E-state index in [2.05, 4.69) is 15.3 Å². The number of rotatable bonds is 4. The normalized spacial score (nSPS) is 10.5. The lowest BCUT2D eigenvalue weighted by Gasteiger charge is -2.19. The minimum Gasteiger partial charge on any atom is -0.464 e. The summed E-state index contributed by atoms with van der Waals surface area (Å²) in [4.78, 5) is 20.6. The first-order chi connectivity index (χ1) is 9.97. The lowest BCUT2D eigenvalue weighted by atomic mass is 10.3. The fourth-order valence-electron chi connectivity index (χ4n) is 1.73. The zero-order valence-corrected chi connectivity index (χ0v) is 11.6. The molecule has 0 radical (unpaired) electrons. The third-order valence-electron chi connectivity index (χ3n) is 2.56. The maximum absolute atomic E-state index is 13.0. The lowest BCUT2D eigenvalue weighted by Crippen LogP contribution is -2.25. The van der Waals surface area contributed by atoms with Crippen LogP contribution >= 0.6 is 0 Å². The number of halogens is 1. The summed E-state index contributed by atoms with van der Waals surface area (Å²) in [6.07, 6.45) is 0.253. The second kappa shape index (κ2) is 6.17. The third kappa shape index (κ3) is 3.65. The summed E-state index contributed by atoms with van der Waals surface area (Å²) in [5.41, 5.74) is 0.304. The van der Waals surface area contributed by atoms with Gasteiger partial charge in [0.1, 0.15) is 11.6 Å². The zero-order valence-electron chi connectivity index (χ0n) is 11.6. The van der Waals surface area contributed by atoms with Crippen LogP contribution in [0.5, 0.6) is 0 Å². The van der Waals surface area contributed by atoms with Crippen molar-refractivity contribution in [3.05, 3.63) is 42.3 Å². The fourth-order valence-corrected chi connectivity index (χ4v) is 1.73. The molecule has 2 rings (SSSR count). The van der Waals surface area contributed by atoms with Gasteiger partial charge in [-0.2, -0.15) is 4.98 Å². The standard InChI is InChI=1S/C14H15FN4O2/c1-9(2)17-13-16-8-7-12(18-13)19(14(20)21)11-5-3-10(15)4-6-11/h3-9H,1-2H3,(H,20,21)(H,16,17,18). The number of benzene rings is 1. The molecule has 0 aliphatic rings. The molecule has 0 aliphatic carbocycles. The van der Waals surface area contributed by atoms with Crippen molar-refractivity contribution in [1.82, 2.24) is 9.97 Å². The van der Waals surface area contributed by atoms with Crippen LogP contribution in [0.25, 0.3) is 0 Å². The van der Waals surface area contributed by atoms with Crippen LogP contribution < -0.4 is 10.2 Å². The summed E-state index contributed by atoms with van der Waals surface area (Å²) >= 11 is 0. The summed E-state index contributed by atoms with van der Waals surface area (Å²) < 4.78 is 13.0. The number of nitrogens with zero attached hydrogens (tertiary/aromatic N) is 3. The van der Waals surface area contributed by atoms with E-state index in [1.807, 2.05) is 13.8 Å². The van der Waals surface area contributed by atoms with Gasteiger partial charge in [0.25, 0.3) is 0 Å². The van der Waals surface area contributed by atoms with Crippen LogP contribution in [-0.4, -0.2) is 27.2 Å². The molecule has 0 bridgehead atoms. The number of hydrogen-bond acceptors (Lipinski definition) is 4. The van der Waals surface area contributed by atoms with Gasteiger partial charge < -0.3 is 10.4 Å². The number of hydrogen-bond donors (Lipinski definition) is 2. The molecule has 110 valence electrons. The highest BCUT2D eigenvalue weighted by molar-refractivity contribution is 5.93. The van der Waals surface area contributed by atoms with E-state index in [-0.39, 0.29) is 11.9 Å². The quantitative estimate of drug-likeness (QED) is 0.903. The number of amides is 1. The van der Waals surface area contributed by atoms with Crippen LogP contribution in [0.2, 0.25) is 0 Å². The number of nitrogens with one attached hydrogen (secondary N) is 1. The Morgan fingerprint density at radius 3 is 2.52 bits per heavy atom. The van der Waals surface area contributed by atoms with E-state index in [0.29, 0.717) is 11.6 Å². The molecule has 0 aliphatic heterocycles. The highest BCUT2D eigenvalue weighted by Crippen LogP contribution is 2.24. The van der Waals surface area contributed by atoms with Gasteiger partial charge in [-0.15, -0.1) is 0 Å². The average Bonchev–Trinajstić information content (AvgIpc) is 2.40. The monoisotopic (exact) mass is 290 g/mol. The molecule has 0 saturated heterocycles. The zero-order chi connectivity index (χ0) is 15.4. The molecular weight excluding hydrogens is 275 g/mol. The molecule has 1 amide bonds. The molecule has 0 unspecified atom stereocenters. The van der Waals surface area contributed by atoms with Gasteiger partial charge in [0, 0.05) is 18.3 Å². The summed E-state index contributed by atoms with van der Waals surface area (Å²) in [5, 5.41) is 12.4. The highest BCUT2D eigenvalue weighted by Gasteiger charge is 2.19. The number of carbonyl (C=O) groups is 1. The van der Waals surface area contributed by atoms with Gasteiger partial charge in [0.15, 0.2) is 0 Å². The van der Waals surface area contributed by atoms with Gasteiger partial charge in [0.2, 0.25) is 5.95 Å². The predicted molar refractivity (Wildman–Crippen MR) is 77.4 cm³/mol. The molecule has 6 nitrogen and oxygen atoms in total. The topological polar surface area (TPSA) is 78.4 Å². The van der Waals surface area contributed by atoms with E-state index in [9.17, 15) is 14.3 Å². The Bertz CT molecular complexity index is 631. The fraction of sp³-hybridized carbons (Fsp3) is 0.214. The maximum Gasteiger partial charge on any atom is 0.417 e. The second-order valence-electron chi connectivity index (χ2n) is 4.63. The third-order valence-corrected chi connectivity index (χ3v) is 2.56. The van der Waals surface area contributed by atoms with Crippen LogP contribution in [0.15, 0.2) is 36.5 Å². The van der Waals surface area contributed by atoms with Gasteiger partial charge in [-0.25, -0.2) is 19.1 Å². The molecule has 2 N–H and O–H groups in total. The van der Waals surface area contributed by atoms with Crippen molar-refractivity contribution in [3.63, 3.8) is 0 Å². The van der Waals surface area contributed by atoms with Gasteiger partial charge in [0.05, 0.1) is 5.69 Å². The lowest BCUT2D eigenvalue weighted by molar-refractivity contribution is 0.204. The molecule has 0 saturated carbocycles. The van der Waals surface area contributed by atoms with Crippen molar-refractivity contribution in [3.8, 4) is 0 Å². The molecule has 1 aromatic heterocycles. The first kappa shape index (κ1) is 14.7. The van der Waals surface area contributed by atoms with Crippen molar-refractivity contribution in [2.24, 2.45) is 0 Å². The SMILES string of the molecule is CC(C)Nc1nccc(N(C(=O)O)c2ccc(F)cc2)n1. The molecule has 0 atom stereocenters. The smallest absolute Gasteiger partial charge is 0.417 e. The van der Waals surface area contributed by atoms with Crippen LogP contribution in [0.4, 0.5) is 26.6 Å². The minimum absolute atomic E-state index is 0.115. The van der Waals surface area contributed by atoms with Crippen LogP contribution in [0.1, 0.15) is 13.8 Å². The molecule has 21 heavy (non-hydrogen) atoms. The summed E-state index contributed by atoms with van der Waals surface area (Å²) in [6, 6.07) is 6.73. The number of aromatic nitrogens is 2.